The maximum Gasteiger partial charge on any atom is 0.407 e. The van der Waals surface area contributed by atoms with Crippen LogP contribution in [0, 0.1) is 11.3 Å². The molecule has 12 heteroatoms. The van der Waals surface area contributed by atoms with Crippen LogP contribution < -0.4 is 16.0 Å². The van der Waals surface area contributed by atoms with Crippen LogP contribution >= 0.6 is 0 Å². The van der Waals surface area contributed by atoms with Crippen molar-refractivity contribution in [1.29, 1.82) is 5.26 Å². The molecule has 4 N–H and O–H groups in total. The monoisotopic (exact) mass is 509 g/mol. The summed E-state index contributed by atoms with van der Waals surface area (Å²) in [5.74, 6) is -0.553. The molecule has 0 radical (unpaired) electrons. The predicted molar refractivity (Wildman–Crippen MR) is 133 cm³/mol. The molecule has 3 aromatic heterocycles. The van der Waals surface area contributed by atoms with Crippen molar-refractivity contribution in [2.75, 3.05) is 18.9 Å². The fraction of sp³-hybridized carbons (Fsp3) is 0.400. The van der Waals surface area contributed by atoms with Gasteiger partial charge in [-0.3, -0.25) is 9.78 Å². The number of amides is 2. The highest BCUT2D eigenvalue weighted by Crippen LogP contribution is 2.31. The molecule has 0 bridgehead atoms. The average molecular weight is 510 g/mol. The number of fused-ring (bicyclic) bond motifs is 1. The minimum Gasteiger partial charge on any atom is -0.446 e. The predicted octanol–water partition coefficient (Wildman–Crippen LogP) is 2.41. The number of pyridine rings is 1. The van der Waals surface area contributed by atoms with E-state index in [1.807, 2.05) is 12.1 Å². The van der Waals surface area contributed by atoms with E-state index in [2.05, 4.69) is 32.1 Å². The molecule has 0 saturated heterocycles. The lowest BCUT2D eigenvalue weighted by Crippen LogP contribution is -2.44. The van der Waals surface area contributed by atoms with Crippen molar-refractivity contribution < 1.29 is 23.8 Å². The first-order valence-corrected chi connectivity index (χ1v) is 11.8. The highest BCUT2D eigenvalue weighted by atomic mass is 19.1. The third-order valence-electron chi connectivity index (χ3n) is 6.18. The number of alkyl carbamates (subject to hydrolysis) is 1. The van der Waals surface area contributed by atoms with Crippen molar-refractivity contribution in [2.24, 2.45) is 0 Å². The van der Waals surface area contributed by atoms with Crippen molar-refractivity contribution in [3.8, 4) is 17.5 Å². The first-order valence-electron chi connectivity index (χ1n) is 11.8. The highest BCUT2D eigenvalue weighted by molar-refractivity contribution is 6.00. The van der Waals surface area contributed by atoms with Crippen LogP contribution in [0.5, 0.6) is 0 Å². The molecule has 1 aliphatic carbocycles. The summed E-state index contributed by atoms with van der Waals surface area (Å²) in [5.41, 5.74) is 1.37. The van der Waals surface area contributed by atoms with Crippen LogP contribution in [0.1, 0.15) is 42.6 Å². The van der Waals surface area contributed by atoms with Gasteiger partial charge in [-0.2, -0.15) is 10.4 Å². The van der Waals surface area contributed by atoms with Crippen LogP contribution in [-0.2, 0) is 4.74 Å². The van der Waals surface area contributed by atoms with Crippen LogP contribution in [0.2, 0.25) is 0 Å². The maximum absolute atomic E-state index is 14.2. The number of halogens is 1. The Labute approximate surface area is 212 Å². The first kappa shape index (κ1) is 25.8. The number of carbonyl (C=O) groups excluding carboxylic acids is 2. The van der Waals surface area contributed by atoms with E-state index >= 15 is 0 Å². The summed E-state index contributed by atoms with van der Waals surface area (Å²) in [7, 11) is 1.49. The minimum atomic E-state index is -1.66. The molecular formula is C25H28FN7O4. The molecule has 4 rings (SSSR count). The Kier molecular flexibility index (Phi) is 7.26. The zero-order valence-corrected chi connectivity index (χ0v) is 20.7. The van der Waals surface area contributed by atoms with Gasteiger partial charge in [-0.25, -0.2) is 13.7 Å². The Balaban J connectivity index is 1.59. The lowest BCUT2D eigenvalue weighted by atomic mass is 9.89. The van der Waals surface area contributed by atoms with E-state index in [1.54, 1.807) is 16.6 Å². The van der Waals surface area contributed by atoms with E-state index < -0.39 is 23.8 Å². The van der Waals surface area contributed by atoms with Crippen LogP contribution in [0.25, 0.3) is 16.9 Å². The highest BCUT2D eigenvalue weighted by Gasteiger charge is 2.33. The number of alkyl halides is 1. The lowest BCUT2D eigenvalue weighted by Gasteiger charge is -2.36. The van der Waals surface area contributed by atoms with Gasteiger partial charge >= 0.3 is 6.09 Å². The Morgan fingerprint density at radius 2 is 2.08 bits per heavy atom. The number of nitrogens with zero attached hydrogens (tertiary/aromatic N) is 4. The van der Waals surface area contributed by atoms with Gasteiger partial charge in [0.15, 0.2) is 0 Å². The van der Waals surface area contributed by atoms with Gasteiger partial charge < -0.3 is 25.8 Å². The molecule has 1 saturated carbocycles. The summed E-state index contributed by atoms with van der Waals surface area (Å²) in [6, 6.07) is 9.01. The van der Waals surface area contributed by atoms with E-state index in [-0.39, 0.29) is 24.3 Å². The third kappa shape index (κ3) is 5.78. The standard InChI is InChI=1S/C25H28FN7O4/c1-25(2,36)22(26)13-30-23(34)18-12-29-20(21-5-4-16-6-14(10-27)11-31-33(16)21)9-19(18)32-15-7-17(8-15)37-24(35)28-3/h4-6,9,11-12,15,17,22,36H,7-8,13H2,1-3H3,(H,28,35)(H,29,32)(H,30,34)/t15-,17-,22-/m1/s1. The molecule has 194 valence electrons. The van der Waals surface area contributed by atoms with Gasteiger partial charge in [0.1, 0.15) is 18.3 Å². The van der Waals surface area contributed by atoms with E-state index in [0.717, 1.165) is 0 Å². The topological polar surface area (TPSA) is 154 Å². The largest absolute Gasteiger partial charge is 0.446 e. The molecule has 0 aromatic carbocycles. The molecule has 1 atom stereocenters. The summed E-state index contributed by atoms with van der Waals surface area (Å²) >= 11 is 0. The average Bonchev–Trinajstić information content (AvgIpc) is 3.28. The second kappa shape index (κ2) is 10.4. The first-order chi connectivity index (χ1) is 17.6. The quantitative estimate of drug-likeness (QED) is 0.361. The summed E-state index contributed by atoms with van der Waals surface area (Å²) in [4.78, 5) is 28.8. The molecule has 2 amide bonds. The Hall–Kier alpha value is -4.24. The fourth-order valence-electron chi connectivity index (χ4n) is 3.89. The number of nitrogens with one attached hydrogen (secondary N) is 3. The Morgan fingerprint density at radius 3 is 2.76 bits per heavy atom. The SMILES string of the molecule is CNC(=O)O[C@H]1C[C@H](Nc2cc(-c3ccc4cc(C#N)cnn34)ncc2C(=O)NC[C@@H](F)C(C)(C)O)C1. The number of hydrogen-bond acceptors (Lipinski definition) is 8. The number of nitriles is 1. The Morgan fingerprint density at radius 1 is 1.32 bits per heavy atom. The van der Waals surface area contributed by atoms with Gasteiger partial charge in [-0.05, 0) is 38.1 Å². The van der Waals surface area contributed by atoms with Gasteiger partial charge in [0, 0.05) is 32.1 Å². The second-order valence-electron chi connectivity index (χ2n) is 9.45. The summed E-state index contributed by atoms with van der Waals surface area (Å²) in [6.07, 6.45) is 1.52. The van der Waals surface area contributed by atoms with E-state index in [0.29, 0.717) is 41.0 Å². The molecule has 0 unspecified atom stereocenters. The molecule has 3 heterocycles. The fourth-order valence-corrected chi connectivity index (χ4v) is 3.89. The number of rotatable bonds is 8. The second-order valence-corrected chi connectivity index (χ2v) is 9.45. The van der Waals surface area contributed by atoms with E-state index in [4.69, 9.17) is 10.00 Å². The van der Waals surface area contributed by atoms with Gasteiger partial charge in [0.2, 0.25) is 0 Å². The number of aromatic nitrogens is 3. The zero-order chi connectivity index (χ0) is 26.7. The van der Waals surface area contributed by atoms with Gasteiger partial charge in [0.25, 0.3) is 5.91 Å². The minimum absolute atomic E-state index is 0.0675. The summed E-state index contributed by atoms with van der Waals surface area (Å²) in [5, 5.41) is 31.5. The van der Waals surface area contributed by atoms with Crippen molar-refractivity contribution in [3.63, 3.8) is 0 Å². The van der Waals surface area contributed by atoms with Crippen LogP contribution in [0.3, 0.4) is 0 Å². The number of carbonyl (C=O) groups is 2. The molecule has 0 spiro atoms. The number of aliphatic hydroxyl groups is 1. The van der Waals surface area contributed by atoms with Crippen LogP contribution in [0.4, 0.5) is 14.9 Å². The van der Waals surface area contributed by atoms with E-state index in [1.165, 1.54) is 33.3 Å². The normalized spacial score (nSPS) is 17.8. The zero-order valence-electron chi connectivity index (χ0n) is 20.7. The third-order valence-corrected chi connectivity index (χ3v) is 6.18. The Bertz CT molecular complexity index is 1360. The molecular weight excluding hydrogens is 481 g/mol. The number of hydrogen-bond donors (Lipinski definition) is 4. The summed E-state index contributed by atoms with van der Waals surface area (Å²) < 4.78 is 21.1. The van der Waals surface area contributed by atoms with Crippen molar-refractivity contribution in [1.82, 2.24) is 25.2 Å². The molecule has 37 heavy (non-hydrogen) atoms. The van der Waals surface area contributed by atoms with Crippen molar-refractivity contribution >= 4 is 23.2 Å². The smallest absolute Gasteiger partial charge is 0.407 e. The van der Waals surface area contributed by atoms with Gasteiger partial charge in [-0.1, -0.05) is 0 Å². The van der Waals surface area contributed by atoms with Crippen LogP contribution in [-0.4, -0.2) is 69.2 Å². The van der Waals surface area contributed by atoms with E-state index in [9.17, 15) is 19.1 Å². The maximum atomic E-state index is 14.2. The lowest BCUT2D eigenvalue weighted by molar-refractivity contribution is -0.00177. The van der Waals surface area contributed by atoms with Crippen molar-refractivity contribution in [2.45, 2.75) is 50.6 Å². The number of ether oxygens (including phenoxy) is 1. The summed E-state index contributed by atoms with van der Waals surface area (Å²) in [6.45, 7) is 2.29. The molecule has 1 fully saturated rings. The van der Waals surface area contributed by atoms with Gasteiger partial charge in [0.05, 0.1) is 52.1 Å². The molecule has 0 aliphatic heterocycles. The van der Waals surface area contributed by atoms with Crippen molar-refractivity contribution in [3.05, 3.63) is 47.8 Å². The molecule has 1 aliphatic rings. The van der Waals surface area contributed by atoms with Gasteiger partial charge in [-0.15, -0.1) is 0 Å². The number of anilines is 1. The molecule has 11 nitrogen and oxygen atoms in total. The van der Waals surface area contributed by atoms with Crippen LogP contribution in [0.15, 0.2) is 36.7 Å². The molecule has 3 aromatic rings.